The molecule has 1 aromatic rings. The second kappa shape index (κ2) is 2.73. The first-order valence-corrected chi connectivity index (χ1v) is 4.30. The molecule has 1 aliphatic rings. The quantitative estimate of drug-likeness (QED) is 0.621. The van der Waals surface area contributed by atoms with Gasteiger partial charge >= 0.3 is 0 Å². The van der Waals surface area contributed by atoms with Crippen LogP contribution in [0.1, 0.15) is 41.2 Å². The standard InChI is InChI=1S/C9H12N2O/c1-11-9(7-3-2-4-7)8(6-12)5-10-11/h5-7H,2-4H2,1H3. The summed E-state index contributed by atoms with van der Waals surface area (Å²) < 4.78 is 1.83. The minimum absolute atomic E-state index is 0.581. The van der Waals surface area contributed by atoms with Gasteiger partial charge in [-0.3, -0.25) is 9.48 Å². The van der Waals surface area contributed by atoms with E-state index in [0.29, 0.717) is 5.92 Å². The summed E-state index contributed by atoms with van der Waals surface area (Å²) in [5.74, 6) is 0.581. The Balaban J connectivity index is 2.37. The van der Waals surface area contributed by atoms with Crippen molar-refractivity contribution in [3.8, 4) is 0 Å². The number of aryl methyl sites for hydroxylation is 1. The second-order valence-corrected chi connectivity index (χ2v) is 3.35. The molecule has 12 heavy (non-hydrogen) atoms. The normalized spacial score (nSPS) is 17.4. The Kier molecular flexibility index (Phi) is 1.71. The highest BCUT2D eigenvalue weighted by Gasteiger charge is 2.25. The van der Waals surface area contributed by atoms with Crippen molar-refractivity contribution in [2.75, 3.05) is 0 Å². The molecule has 0 bridgehead atoms. The third kappa shape index (κ3) is 0.967. The van der Waals surface area contributed by atoms with Crippen molar-refractivity contribution >= 4 is 6.29 Å². The van der Waals surface area contributed by atoms with Gasteiger partial charge in [0.15, 0.2) is 6.29 Å². The summed E-state index contributed by atoms with van der Waals surface area (Å²) in [6.45, 7) is 0. The molecule has 64 valence electrons. The van der Waals surface area contributed by atoms with Crippen LogP contribution in [0.4, 0.5) is 0 Å². The van der Waals surface area contributed by atoms with E-state index in [4.69, 9.17) is 0 Å². The zero-order valence-corrected chi connectivity index (χ0v) is 7.16. The Morgan fingerprint density at radius 1 is 1.67 bits per heavy atom. The lowest BCUT2D eigenvalue weighted by molar-refractivity contribution is 0.112. The van der Waals surface area contributed by atoms with Crippen LogP contribution in [-0.4, -0.2) is 16.1 Å². The van der Waals surface area contributed by atoms with E-state index in [2.05, 4.69) is 5.10 Å². The third-order valence-electron chi connectivity index (χ3n) is 2.63. The summed E-state index contributed by atoms with van der Waals surface area (Å²) >= 11 is 0. The maximum atomic E-state index is 10.6. The van der Waals surface area contributed by atoms with Gasteiger partial charge in [0.05, 0.1) is 17.5 Å². The molecule has 0 aliphatic heterocycles. The highest BCUT2D eigenvalue weighted by atomic mass is 16.1. The lowest BCUT2D eigenvalue weighted by atomic mass is 9.81. The summed E-state index contributed by atoms with van der Waals surface area (Å²) in [5.41, 5.74) is 1.89. The molecule has 0 atom stereocenters. The van der Waals surface area contributed by atoms with Crippen LogP contribution < -0.4 is 0 Å². The fourth-order valence-corrected chi connectivity index (χ4v) is 1.74. The van der Waals surface area contributed by atoms with E-state index in [-0.39, 0.29) is 0 Å². The Hall–Kier alpha value is -1.12. The van der Waals surface area contributed by atoms with Gasteiger partial charge in [0.2, 0.25) is 0 Å². The summed E-state index contributed by atoms with van der Waals surface area (Å²) in [5, 5.41) is 4.08. The van der Waals surface area contributed by atoms with Crippen LogP contribution >= 0.6 is 0 Å². The van der Waals surface area contributed by atoms with Crippen molar-refractivity contribution in [1.82, 2.24) is 9.78 Å². The fraction of sp³-hybridized carbons (Fsp3) is 0.556. The molecule has 3 heteroatoms. The SMILES string of the molecule is Cn1ncc(C=O)c1C1CCC1. The molecule has 3 nitrogen and oxygen atoms in total. The highest BCUT2D eigenvalue weighted by Crippen LogP contribution is 2.37. The maximum absolute atomic E-state index is 10.6. The van der Waals surface area contributed by atoms with Gasteiger partial charge in [0.25, 0.3) is 0 Å². The van der Waals surface area contributed by atoms with Crippen molar-refractivity contribution < 1.29 is 4.79 Å². The predicted octanol–water partition coefficient (Wildman–Crippen LogP) is 1.50. The highest BCUT2D eigenvalue weighted by molar-refractivity contribution is 5.76. The van der Waals surface area contributed by atoms with Gasteiger partial charge in [0.1, 0.15) is 0 Å². The van der Waals surface area contributed by atoms with Crippen LogP contribution in [0.15, 0.2) is 6.20 Å². The molecule has 2 rings (SSSR count). The number of hydrogen-bond acceptors (Lipinski definition) is 2. The Bertz CT molecular complexity index is 299. The van der Waals surface area contributed by atoms with Crippen LogP contribution in [-0.2, 0) is 7.05 Å². The molecule has 0 aromatic carbocycles. The minimum atomic E-state index is 0.581. The largest absolute Gasteiger partial charge is 0.298 e. The molecule has 1 heterocycles. The van der Waals surface area contributed by atoms with Crippen molar-refractivity contribution in [1.29, 1.82) is 0 Å². The summed E-state index contributed by atoms with van der Waals surface area (Å²) in [4.78, 5) is 10.6. The fourth-order valence-electron chi connectivity index (χ4n) is 1.74. The predicted molar refractivity (Wildman–Crippen MR) is 45.2 cm³/mol. The van der Waals surface area contributed by atoms with Gasteiger partial charge in [-0.1, -0.05) is 6.42 Å². The monoisotopic (exact) mass is 164 g/mol. The van der Waals surface area contributed by atoms with Crippen LogP contribution in [0.5, 0.6) is 0 Å². The van der Waals surface area contributed by atoms with Crippen molar-refractivity contribution in [3.05, 3.63) is 17.5 Å². The number of carbonyl (C=O) groups excluding carboxylic acids is 1. The van der Waals surface area contributed by atoms with E-state index >= 15 is 0 Å². The van der Waals surface area contributed by atoms with Gasteiger partial charge in [0, 0.05) is 13.0 Å². The second-order valence-electron chi connectivity index (χ2n) is 3.35. The summed E-state index contributed by atoms with van der Waals surface area (Å²) in [6.07, 6.45) is 6.26. The number of nitrogens with zero attached hydrogens (tertiary/aromatic N) is 2. The first-order valence-electron chi connectivity index (χ1n) is 4.30. The third-order valence-corrected chi connectivity index (χ3v) is 2.63. The van der Waals surface area contributed by atoms with E-state index in [1.54, 1.807) is 6.20 Å². The molecule has 0 N–H and O–H groups in total. The average Bonchev–Trinajstić information content (AvgIpc) is 2.30. The lowest BCUT2D eigenvalue weighted by Crippen LogP contribution is -2.14. The van der Waals surface area contributed by atoms with Crippen molar-refractivity contribution in [2.45, 2.75) is 25.2 Å². The topological polar surface area (TPSA) is 34.9 Å². The smallest absolute Gasteiger partial charge is 0.153 e. The first-order chi connectivity index (χ1) is 5.83. The number of aromatic nitrogens is 2. The molecule has 1 fully saturated rings. The summed E-state index contributed by atoms with van der Waals surface area (Å²) in [7, 11) is 1.90. The Morgan fingerprint density at radius 3 is 2.92 bits per heavy atom. The average molecular weight is 164 g/mol. The molecule has 0 unspecified atom stereocenters. The van der Waals surface area contributed by atoms with Crippen LogP contribution in [0.3, 0.4) is 0 Å². The Labute approximate surface area is 71.4 Å². The molecule has 1 aliphatic carbocycles. The van der Waals surface area contributed by atoms with Gasteiger partial charge in [-0.2, -0.15) is 5.10 Å². The van der Waals surface area contributed by atoms with Crippen molar-refractivity contribution in [3.63, 3.8) is 0 Å². The van der Waals surface area contributed by atoms with E-state index in [0.717, 1.165) is 17.5 Å². The minimum Gasteiger partial charge on any atom is -0.298 e. The maximum Gasteiger partial charge on any atom is 0.153 e. The van der Waals surface area contributed by atoms with E-state index in [1.807, 2.05) is 11.7 Å². The Morgan fingerprint density at radius 2 is 2.42 bits per heavy atom. The van der Waals surface area contributed by atoms with Gasteiger partial charge in [-0.05, 0) is 12.8 Å². The zero-order valence-electron chi connectivity index (χ0n) is 7.16. The molecule has 0 spiro atoms. The molecular formula is C9H12N2O. The van der Waals surface area contributed by atoms with E-state index < -0.39 is 0 Å². The number of carbonyl (C=O) groups is 1. The van der Waals surface area contributed by atoms with Crippen molar-refractivity contribution in [2.24, 2.45) is 7.05 Å². The van der Waals surface area contributed by atoms with Crippen LogP contribution in [0.2, 0.25) is 0 Å². The van der Waals surface area contributed by atoms with Crippen LogP contribution in [0, 0.1) is 0 Å². The number of aldehydes is 1. The zero-order chi connectivity index (χ0) is 8.55. The summed E-state index contributed by atoms with van der Waals surface area (Å²) in [6, 6.07) is 0. The van der Waals surface area contributed by atoms with Gasteiger partial charge in [-0.15, -0.1) is 0 Å². The molecule has 1 aromatic heterocycles. The van der Waals surface area contributed by atoms with Gasteiger partial charge < -0.3 is 0 Å². The van der Waals surface area contributed by atoms with Gasteiger partial charge in [-0.25, -0.2) is 0 Å². The molecule has 0 saturated heterocycles. The van der Waals surface area contributed by atoms with E-state index in [9.17, 15) is 4.79 Å². The molecular weight excluding hydrogens is 152 g/mol. The first kappa shape index (κ1) is 7.53. The number of hydrogen-bond donors (Lipinski definition) is 0. The van der Waals surface area contributed by atoms with E-state index in [1.165, 1.54) is 19.3 Å². The van der Waals surface area contributed by atoms with Crippen LogP contribution in [0.25, 0.3) is 0 Å². The number of rotatable bonds is 2. The lowest BCUT2D eigenvalue weighted by Gasteiger charge is -2.25. The molecule has 1 saturated carbocycles. The molecule has 0 radical (unpaired) electrons. The molecule has 0 amide bonds.